The molecule has 1 aliphatic rings. The zero-order valence-electron chi connectivity index (χ0n) is 18.8. The van der Waals surface area contributed by atoms with Gasteiger partial charge in [-0.3, -0.25) is 4.79 Å². The summed E-state index contributed by atoms with van der Waals surface area (Å²) >= 11 is 0. The molecule has 1 aliphatic heterocycles. The fraction of sp³-hybridized carbons (Fsp3) is 0.269. The first-order valence-corrected chi connectivity index (χ1v) is 10.6. The molecular formula is C26H27NO5. The van der Waals surface area contributed by atoms with Gasteiger partial charge < -0.3 is 24.3 Å². The minimum absolute atomic E-state index is 0.189. The van der Waals surface area contributed by atoms with Crippen molar-refractivity contribution < 1.29 is 23.7 Å². The Labute approximate surface area is 188 Å². The molecule has 0 saturated heterocycles. The van der Waals surface area contributed by atoms with Crippen LogP contribution in [-0.2, 0) is 6.61 Å². The van der Waals surface area contributed by atoms with Gasteiger partial charge in [0, 0.05) is 22.9 Å². The van der Waals surface area contributed by atoms with E-state index in [9.17, 15) is 4.79 Å². The Balaban J connectivity index is 1.54. The average molecular weight is 434 g/mol. The van der Waals surface area contributed by atoms with E-state index in [2.05, 4.69) is 18.3 Å². The number of benzene rings is 3. The van der Waals surface area contributed by atoms with E-state index in [1.165, 1.54) is 5.56 Å². The van der Waals surface area contributed by atoms with Gasteiger partial charge >= 0.3 is 0 Å². The molecule has 0 saturated carbocycles. The molecule has 0 spiro atoms. The number of amides is 1. The molecule has 0 unspecified atom stereocenters. The molecule has 6 heteroatoms. The molecule has 4 rings (SSSR count). The summed E-state index contributed by atoms with van der Waals surface area (Å²) in [5, 5.41) is 2.91. The highest BCUT2D eigenvalue weighted by Crippen LogP contribution is 2.34. The van der Waals surface area contributed by atoms with Crippen molar-refractivity contribution in [1.29, 1.82) is 0 Å². The smallest absolute Gasteiger partial charge is 0.255 e. The Morgan fingerprint density at radius 2 is 1.75 bits per heavy atom. The number of anilines is 1. The lowest BCUT2D eigenvalue weighted by Gasteiger charge is -2.16. The molecule has 3 aromatic carbocycles. The van der Waals surface area contributed by atoms with Crippen molar-refractivity contribution in [1.82, 2.24) is 0 Å². The first kappa shape index (κ1) is 21.6. The molecule has 0 aliphatic carbocycles. The minimum Gasteiger partial charge on any atom is -0.493 e. The first-order valence-electron chi connectivity index (χ1n) is 10.6. The van der Waals surface area contributed by atoms with Crippen LogP contribution in [0.15, 0.2) is 48.5 Å². The summed E-state index contributed by atoms with van der Waals surface area (Å²) in [6, 6.07) is 14.8. The van der Waals surface area contributed by atoms with E-state index in [0.717, 1.165) is 22.4 Å². The van der Waals surface area contributed by atoms with Crippen molar-refractivity contribution in [3.63, 3.8) is 0 Å². The highest BCUT2D eigenvalue weighted by Gasteiger charge is 2.16. The topological polar surface area (TPSA) is 66.0 Å². The van der Waals surface area contributed by atoms with Crippen LogP contribution >= 0.6 is 0 Å². The molecule has 1 N–H and O–H groups in total. The average Bonchev–Trinajstić information content (AvgIpc) is 3.24. The first-order chi connectivity index (χ1) is 15.4. The lowest BCUT2D eigenvalue weighted by atomic mass is 10.1. The van der Waals surface area contributed by atoms with Gasteiger partial charge in [-0.05, 0) is 80.8 Å². The molecule has 0 fully saturated rings. The SMILES string of the molecule is CCOc1ccc(C(=O)Nc2ccc3c(c2)OCO3)cc1COc1cc(C)cc(C)c1C. The molecule has 0 atom stereocenters. The van der Waals surface area contributed by atoms with Crippen LogP contribution in [0.25, 0.3) is 0 Å². The number of rotatable bonds is 7. The fourth-order valence-electron chi connectivity index (χ4n) is 3.61. The van der Waals surface area contributed by atoms with Crippen LogP contribution in [0.4, 0.5) is 5.69 Å². The Hall–Kier alpha value is -3.67. The van der Waals surface area contributed by atoms with Crippen molar-refractivity contribution in [2.24, 2.45) is 0 Å². The van der Waals surface area contributed by atoms with Crippen LogP contribution < -0.4 is 24.3 Å². The number of aryl methyl sites for hydroxylation is 2. The molecule has 3 aromatic rings. The van der Waals surface area contributed by atoms with Gasteiger partial charge in [-0.1, -0.05) is 6.07 Å². The summed E-state index contributed by atoms with van der Waals surface area (Å²) in [5.74, 6) is 2.60. The minimum atomic E-state index is -0.226. The lowest BCUT2D eigenvalue weighted by molar-refractivity contribution is 0.102. The number of ether oxygens (including phenoxy) is 4. The molecule has 0 bridgehead atoms. The summed E-state index contributed by atoms with van der Waals surface area (Å²) < 4.78 is 22.6. The van der Waals surface area contributed by atoms with E-state index in [1.54, 1.807) is 24.3 Å². The van der Waals surface area contributed by atoms with Gasteiger partial charge in [-0.2, -0.15) is 0 Å². The maximum atomic E-state index is 12.9. The van der Waals surface area contributed by atoms with Crippen LogP contribution in [0.2, 0.25) is 0 Å². The van der Waals surface area contributed by atoms with Gasteiger partial charge in [-0.25, -0.2) is 0 Å². The van der Waals surface area contributed by atoms with Crippen molar-refractivity contribution in [3.8, 4) is 23.0 Å². The summed E-state index contributed by atoms with van der Waals surface area (Å²) in [5.41, 5.74) is 5.39. The summed E-state index contributed by atoms with van der Waals surface area (Å²) in [4.78, 5) is 12.9. The molecule has 1 heterocycles. The predicted octanol–water partition coefficient (Wildman–Crippen LogP) is 5.57. The van der Waals surface area contributed by atoms with Gasteiger partial charge in [0.05, 0.1) is 6.61 Å². The monoisotopic (exact) mass is 433 g/mol. The van der Waals surface area contributed by atoms with Crippen molar-refractivity contribution in [2.75, 3.05) is 18.7 Å². The number of hydrogen-bond donors (Lipinski definition) is 1. The third-order valence-corrected chi connectivity index (χ3v) is 5.40. The van der Waals surface area contributed by atoms with Crippen molar-refractivity contribution in [3.05, 3.63) is 76.3 Å². The maximum absolute atomic E-state index is 12.9. The van der Waals surface area contributed by atoms with E-state index in [-0.39, 0.29) is 12.7 Å². The molecule has 0 aromatic heterocycles. The Bertz CT molecular complexity index is 1160. The van der Waals surface area contributed by atoms with Gasteiger partial charge in [0.2, 0.25) is 6.79 Å². The largest absolute Gasteiger partial charge is 0.493 e. The van der Waals surface area contributed by atoms with Crippen LogP contribution in [0, 0.1) is 20.8 Å². The second-order valence-corrected chi connectivity index (χ2v) is 7.77. The molecular weight excluding hydrogens is 406 g/mol. The summed E-state index contributed by atoms with van der Waals surface area (Å²) in [6.07, 6.45) is 0. The number of nitrogens with one attached hydrogen (secondary N) is 1. The fourth-order valence-corrected chi connectivity index (χ4v) is 3.61. The highest BCUT2D eigenvalue weighted by molar-refractivity contribution is 6.04. The van der Waals surface area contributed by atoms with Gasteiger partial charge in [0.25, 0.3) is 5.91 Å². The lowest BCUT2D eigenvalue weighted by Crippen LogP contribution is -2.13. The second kappa shape index (κ2) is 9.22. The standard InChI is InChI=1S/C26H27NO5/c1-5-29-22-8-6-19(26(28)27-21-7-9-23-25(13-21)32-15-31-23)12-20(22)14-30-24-11-16(2)10-17(3)18(24)4/h6-13H,5,14-15H2,1-4H3,(H,27,28). The van der Waals surface area contributed by atoms with Crippen LogP contribution in [0.3, 0.4) is 0 Å². The highest BCUT2D eigenvalue weighted by atomic mass is 16.7. The zero-order valence-corrected chi connectivity index (χ0v) is 18.8. The number of hydrogen-bond acceptors (Lipinski definition) is 5. The van der Waals surface area contributed by atoms with Crippen LogP contribution in [-0.4, -0.2) is 19.3 Å². The summed E-state index contributed by atoms with van der Waals surface area (Å²) in [7, 11) is 0. The third kappa shape index (κ3) is 4.64. The molecule has 0 radical (unpaired) electrons. The Morgan fingerprint density at radius 3 is 2.56 bits per heavy atom. The zero-order chi connectivity index (χ0) is 22.7. The van der Waals surface area contributed by atoms with Crippen LogP contribution in [0.5, 0.6) is 23.0 Å². The van der Waals surface area contributed by atoms with E-state index < -0.39 is 0 Å². The van der Waals surface area contributed by atoms with Gasteiger partial charge in [-0.15, -0.1) is 0 Å². The number of fused-ring (bicyclic) bond motifs is 1. The predicted molar refractivity (Wildman–Crippen MR) is 123 cm³/mol. The number of carbonyl (C=O) groups excluding carboxylic acids is 1. The maximum Gasteiger partial charge on any atom is 0.255 e. The molecule has 32 heavy (non-hydrogen) atoms. The Kier molecular flexibility index (Phi) is 6.21. The summed E-state index contributed by atoms with van der Waals surface area (Å²) in [6.45, 7) is 9.10. The van der Waals surface area contributed by atoms with Gasteiger partial charge in [0.1, 0.15) is 18.1 Å². The quantitative estimate of drug-likeness (QED) is 0.528. The van der Waals surface area contributed by atoms with Crippen molar-refractivity contribution in [2.45, 2.75) is 34.3 Å². The van der Waals surface area contributed by atoms with Crippen LogP contribution in [0.1, 0.15) is 39.5 Å². The molecule has 166 valence electrons. The molecule has 1 amide bonds. The van der Waals surface area contributed by atoms with Gasteiger partial charge in [0.15, 0.2) is 11.5 Å². The van der Waals surface area contributed by atoms with E-state index in [1.807, 2.05) is 39.0 Å². The molecule has 6 nitrogen and oxygen atoms in total. The van der Waals surface area contributed by atoms with Crippen molar-refractivity contribution >= 4 is 11.6 Å². The second-order valence-electron chi connectivity index (χ2n) is 7.77. The Morgan fingerprint density at radius 1 is 0.938 bits per heavy atom. The van der Waals surface area contributed by atoms with E-state index in [0.29, 0.717) is 41.7 Å². The van der Waals surface area contributed by atoms with E-state index >= 15 is 0 Å². The third-order valence-electron chi connectivity index (χ3n) is 5.40. The number of carbonyl (C=O) groups is 1. The normalized spacial score (nSPS) is 11.9. The van der Waals surface area contributed by atoms with E-state index in [4.69, 9.17) is 18.9 Å².